The van der Waals surface area contributed by atoms with E-state index in [9.17, 15) is 18.5 Å². The van der Waals surface area contributed by atoms with Gasteiger partial charge in [0.05, 0.1) is 10.6 Å². The minimum atomic E-state index is -3.70. The molecule has 0 aromatic heterocycles. The van der Waals surface area contributed by atoms with Crippen LogP contribution in [0.5, 0.6) is 0 Å². The summed E-state index contributed by atoms with van der Waals surface area (Å²) in [6.07, 6.45) is 1.62. The Balaban J connectivity index is 3.28. The highest BCUT2D eigenvalue weighted by atomic mass is 32.2. The quantitative estimate of drug-likeness (QED) is 0.616. The van der Waals surface area contributed by atoms with Crippen LogP contribution < -0.4 is 5.32 Å². The van der Waals surface area contributed by atoms with Gasteiger partial charge < -0.3 is 5.32 Å². The number of hydrogen-bond acceptors (Lipinski definition) is 5. The molecule has 0 spiro atoms. The third-order valence-corrected chi connectivity index (χ3v) is 5.46. The number of non-ortho nitro benzene ring substituents is 1. The summed E-state index contributed by atoms with van der Waals surface area (Å²) in [6, 6.07) is 3.56. The molecule has 7 nitrogen and oxygen atoms in total. The van der Waals surface area contributed by atoms with Crippen molar-refractivity contribution in [3.05, 3.63) is 28.3 Å². The highest BCUT2D eigenvalue weighted by Crippen LogP contribution is 2.29. The van der Waals surface area contributed by atoms with E-state index in [1.54, 1.807) is 0 Å². The van der Waals surface area contributed by atoms with E-state index in [0.717, 1.165) is 12.8 Å². The molecule has 0 saturated heterocycles. The van der Waals surface area contributed by atoms with Gasteiger partial charge in [-0.15, -0.1) is 0 Å². The van der Waals surface area contributed by atoms with E-state index in [1.807, 2.05) is 13.8 Å². The molecule has 1 unspecified atom stereocenters. The van der Waals surface area contributed by atoms with Gasteiger partial charge in [0.25, 0.3) is 5.69 Å². The Labute approximate surface area is 125 Å². The molecule has 21 heavy (non-hydrogen) atoms. The number of sulfonamides is 1. The third kappa shape index (κ3) is 3.70. The van der Waals surface area contributed by atoms with Crippen molar-refractivity contribution in [1.29, 1.82) is 0 Å². The Hall–Kier alpha value is -1.67. The molecule has 1 aromatic carbocycles. The summed E-state index contributed by atoms with van der Waals surface area (Å²) < 4.78 is 26.6. The van der Waals surface area contributed by atoms with E-state index >= 15 is 0 Å². The smallest absolute Gasteiger partial charge is 0.271 e. The number of anilines is 1. The van der Waals surface area contributed by atoms with Gasteiger partial charge in [0.15, 0.2) is 0 Å². The summed E-state index contributed by atoms with van der Waals surface area (Å²) in [5.74, 6) is 0. The molecule has 0 aliphatic carbocycles. The predicted octanol–water partition coefficient (Wildman–Crippen LogP) is 2.45. The zero-order valence-corrected chi connectivity index (χ0v) is 13.5. The van der Waals surface area contributed by atoms with E-state index in [1.165, 1.54) is 36.6 Å². The normalized spacial score (nSPS) is 13.2. The van der Waals surface area contributed by atoms with Crippen molar-refractivity contribution in [3.63, 3.8) is 0 Å². The number of rotatable bonds is 7. The SMILES string of the molecule is CCCC(C)N(C)S(=O)(=O)c1ccc([N+](=O)[O-])cc1NC. The van der Waals surface area contributed by atoms with Crippen LogP contribution >= 0.6 is 0 Å². The van der Waals surface area contributed by atoms with Gasteiger partial charge in [-0.05, 0) is 19.4 Å². The first-order chi connectivity index (χ1) is 9.75. The van der Waals surface area contributed by atoms with Crippen molar-refractivity contribution in [2.75, 3.05) is 19.4 Å². The average molecular weight is 315 g/mol. The second-order valence-corrected chi connectivity index (χ2v) is 6.81. The lowest BCUT2D eigenvalue weighted by molar-refractivity contribution is -0.384. The Morgan fingerprint density at radius 3 is 2.52 bits per heavy atom. The summed E-state index contributed by atoms with van der Waals surface area (Å²) in [6.45, 7) is 3.83. The molecule has 1 atom stereocenters. The van der Waals surface area contributed by atoms with Crippen molar-refractivity contribution >= 4 is 21.4 Å². The standard InChI is InChI=1S/C13H21N3O4S/c1-5-6-10(2)15(4)21(19,20)13-8-7-11(16(17)18)9-12(13)14-3/h7-10,14H,5-6H2,1-4H3. The first-order valence-corrected chi connectivity index (χ1v) is 8.14. The topological polar surface area (TPSA) is 92.5 Å². The van der Waals surface area contributed by atoms with E-state index < -0.39 is 14.9 Å². The van der Waals surface area contributed by atoms with Gasteiger partial charge in [0, 0.05) is 32.3 Å². The number of nitrogens with zero attached hydrogens (tertiary/aromatic N) is 2. The summed E-state index contributed by atoms with van der Waals surface area (Å²) in [5, 5.41) is 13.5. The van der Waals surface area contributed by atoms with Gasteiger partial charge in [0.1, 0.15) is 4.90 Å². The number of hydrogen-bond donors (Lipinski definition) is 1. The fourth-order valence-corrected chi connectivity index (χ4v) is 3.61. The first kappa shape index (κ1) is 17.4. The molecule has 1 N–H and O–H groups in total. The Morgan fingerprint density at radius 1 is 1.43 bits per heavy atom. The molecule has 1 aromatic rings. The maximum absolute atomic E-state index is 12.6. The fourth-order valence-electron chi connectivity index (χ4n) is 2.04. The van der Waals surface area contributed by atoms with Gasteiger partial charge in [0.2, 0.25) is 10.0 Å². The number of benzene rings is 1. The molecule has 0 amide bonds. The first-order valence-electron chi connectivity index (χ1n) is 6.69. The molecule has 0 bridgehead atoms. The Morgan fingerprint density at radius 2 is 2.05 bits per heavy atom. The molecule has 0 radical (unpaired) electrons. The van der Waals surface area contributed by atoms with E-state index in [4.69, 9.17) is 0 Å². The Kier molecular flexibility index (Phi) is 5.68. The fraction of sp³-hybridized carbons (Fsp3) is 0.538. The van der Waals surface area contributed by atoms with Gasteiger partial charge in [-0.2, -0.15) is 4.31 Å². The van der Waals surface area contributed by atoms with Gasteiger partial charge in [-0.3, -0.25) is 10.1 Å². The maximum Gasteiger partial charge on any atom is 0.271 e. The van der Waals surface area contributed by atoms with E-state index in [-0.39, 0.29) is 22.3 Å². The lowest BCUT2D eigenvalue weighted by Gasteiger charge is -2.25. The summed E-state index contributed by atoms with van der Waals surface area (Å²) in [7, 11) is -0.638. The van der Waals surface area contributed by atoms with Crippen LogP contribution in [0.25, 0.3) is 0 Å². The van der Waals surface area contributed by atoms with Crippen molar-refractivity contribution in [2.24, 2.45) is 0 Å². The molecule has 0 aliphatic heterocycles. The zero-order valence-electron chi connectivity index (χ0n) is 12.7. The number of nitrogens with one attached hydrogen (secondary N) is 1. The summed E-state index contributed by atoms with van der Waals surface area (Å²) >= 11 is 0. The molecular weight excluding hydrogens is 294 g/mol. The van der Waals surface area contributed by atoms with Crippen molar-refractivity contribution in [1.82, 2.24) is 4.31 Å². The minimum Gasteiger partial charge on any atom is -0.387 e. The number of nitro benzene ring substituents is 1. The molecule has 0 saturated carbocycles. The van der Waals surface area contributed by atoms with Gasteiger partial charge >= 0.3 is 0 Å². The molecule has 0 heterocycles. The van der Waals surface area contributed by atoms with E-state index in [0.29, 0.717) is 0 Å². The van der Waals surface area contributed by atoms with Crippen LogP contribution in [-0.2, 0) is 10.0 Å². The van der Waals surface area contributed by atoms with Crippen LogP contribution in [-0.4, -0.2) is 37.8 Å². The highest BCUT2D eigenvalue weighted by Gasteiger charge is 2.28. The third-order valence-electron chi connectivity index (χ3n) is 3.43. The lowest BCUT2D eigenvalue weighted by Crippen LogP contribution is -2.35. The average Bonchev–Trinajstić information content (AvgIpc) is 2.45. The minimum absolute atomic E-state index is 0.0426. The van der Waals surface area contributed by atoms with Crippen LogP contribution in [0, 0.1) is 10.1 Å². The second-order valence-electron chi connectivity index (χ2n) is 4.85. The molecule has 0 aliphatic rings. The molecular formula is C13H21N3O4S. The number of nitro groups is 1. The van der Waals surface area contributed by atoms with Crippen LogP contribution in [0.15, 0.2) is 23.1 Å². The van der Waals surface area contributed by atoms with E-state index in [2.05, 4.69) is 5.32 Å². The summed E-state index contributed by atoms with van der Waals surface area (Å²) in [4.78, 5) is 10.3. The monoisotopic (exact) mass is 315 g/mol. The molecule has 0 fully saturated rings. The van der Waals surface area contributed by atoms with Crippen LogP contribution in [0.2, 0.25) is 0 Å². The Bertz CT molecular complexity index is 616. The summed E-state index contributed by atoms with van der Waals surface area (Å²) in [5.41, 5.74) is 0.0716. The van der Waals surface area contributed by atoms with Crippen molar-refractivity contribution in [2.45, 2.75) is 37.6 Å². The van der Waals surface area contributed by atoms with Crippen LogP contribution in [0.1, 0.15) is 26.7 Å². The van der Waals surface area contributed by atoms with Crippen molar-refractivity contribution < 1.29 is 13.3 Å². The van der Waals surface area contributed by atoms with Crippen LogP contribution in [0.3, 0.4) is 0 Å². The predicted molar refractivity (Wildman–Crippen MR) is 82.0 cm³/mol. The van der Waals surface area contributed by atoms with Gasteiger partial charge in [-0.1, -0.05) is 13.3 Å². The lowest BCUT2D eigenvalue weighted by atomic mass is 10.2. The molecule has 118 valence electrons. The second kappa shape index (κ2) is 6.86. The maximum atomic E-state index is 12.6. The molecule has 1 rings (SSSR count). The van der Waals surface area contributed by atoms with Crippen molar-refractivity contribution in [3.8, 4) is 0 Å². The van der Waals surface area contributed by atoms with Crippen LogP contribution in [0.4, 0.5) is 11.4 Å². The molecule has 8 heteroatoms. The largest absolute Gasteiger partial charge is 0.387 e. The van der Waals surface area contributed by atoms with Gasteiger partial charge in [-0.25, -0.2) is 8.42 Å². The zero-order chi connectivity index (χ0) is 16.2. The highest BCUT2D eigenvalue weighted by molar-refractivity contribution is 7.89.